The van der Waals surface area contributed by atoms with Gasteiger partial charge < -0.3 is 5.11 Å². The number of hydrogen-bond acceptors (Lipinski definition) is 2. The van der Waals surface area contributed by atoms with Crippen LogP contribution >= 0.6 is 0 Å². The zero-order chi connectivity index (χ0) is 10.6. The van der Waals surface area contributed by atoms with Crippen molar-refractivity contribution in [1.82, 2.24) is 0 Å². The van der Waals surface area contributed by atoms with E-state index >= 15 is 0 Å². The van der Waals surface area contributed by atoms with Crippen LogP contribution in [0.1, 0.15) is 28.9 Å². The lowest BCUT2D eigenvalue weighted by Gasteiger charge is -2.07. The molecule has 5 nitrogen and oxygen atoms in total. The molecule has 0 bridgehead atoms. The molecule has 1 aromatic rings. The lowest BCUT2D eigenvalue weighted by Crippen LogP contribution is -2.03. The fraction of sp³-hybridized carbons (Fsp3) is 0.222. The molecule has 0 saturated carbocycles. The average Bonchev–Trinajstić information content (AvgIpc) is 2.18. The Kier molecular flexibility index (Phi) is 3.09. The van der Waals surface area contributed by atoms with Gasteiger partial charge in [0.05, 0.1) is 11.6 Å². The van der Waals surface area contributed by atoms with Gasteiger partial charge in [0.2, 0.25) is 0 Å². The van der Waals surface area contributed by atoms with E-state index in [2.05, 4.69) is 10.0 Å². The van der Waals surface area contributed by atoms with Crippen molar-refractivity contribution in [2.75, 3.05) is 0 Å². The third-order valence-corrected chi connectivity index (χ3v) is 1.87. The van der Waals surface area contributed by atoms with Gasteiger partial charge in [0, 0.05) is 4.91 Å². The first kappa shape index (κ1) is 10.1. The first-order valence-corrected chi connectivity index (χ1v) is 4.03. The standard InChI is InChI=1S/C9H9N3O2/c1-6(11-12-10)7-4-2-3-5-8(7)9(13)14/h2-6H,1H3,(H,13,14). The van der Waals surface area contributed by atoms with Gasteiger partial charge in [-0.25, -0.2) is 4.79 Å². The normalized spacial score (nSPS) is 11.5. The molecule has 0 aliphatic heterocycles. The smallest absolute Gasteiger partial charge is 0.335 e. The van der Waals surface area contributed by atoms with E-state index in [9.17, 15) is 4.79 Å². The maximum absolute atomic E-state index is 10.8. The maximum Gasteiger partial charge on any atom is 0.335 e. The summed E-state index contributed by atoms with van der Waals surface area (Å²) < 4.78 is 0. The van der Waals surface area contributed by atoms with E-state index in [4.69, 9.17) is 10.6 Å². The van der Waals surface area contributed by atoms with E-state index in [1.807, 2.05) is 0 Å². The van der Waals surface area contributed by atoms with Crippen LogP contribution < -0.4 is 0 Å². The average molecular weight is 191 g/mol. The Labute approximate surface area is 80.6 Å². The Morgan fingerprint density at radius 2 is 2.21 bits per heavy atom. The van der Waals surface area contributed by atoms with E-state index < -0.39 is 12.0 Å². The molecule has 1 aromatic carbocycles. The molecule has 5 heteroatoms. The highest BCUT2D eigenvalue weighted by atomic mass is 16.4. The number of hydrogen-bond donors (Lipinski definition) is 1. The van der Waals surface area contributed by atoms with E-state index in [0.717, 1.165) is 0 Å². The second-order valence-corrected chi connectivity index (χ2v) is 2.77. The van der Waals surface area contributed by atoms with Crippen LogP contribution in [0, 0.1) is 0 Å². The number of azide groups is 1. The molecule has 1 rings (SSSR count). The zero-order valence-electron chi connectivity index (χ0n) is 7.58. The minimum atomic E-state index is -1.01. The monoisotopic (exact) mass is 191 g/mol. The first-order valence-electron chi connectivity index (χ1n) is 4.03. The molecule has 14 heavy (non-hydrogen) atoms. The van der Waals surface area contributed by atoms with Crippen molar-refractivity contribution in [2.45, 2.75) is 13.0 Å². The van der Waals surface area contributed by atoms with Crippen LogP contribution in [-0.4, -0.2) is 11.1 Å². The fourth-order valence-electron chi connectivity index (χ4n) is 1.20. The summed E-state index contributed by atoms with van der Waals surface area (Å²) in [5.41, 5.74) is 8.94. The maximum atomic E-state index is 10.8. The van der Waals surface area contributed by atoms with E-state index in [0.29, 0.717) is 5.56 Å². The van der Waals surface area contributed by atoms with Crippen LogP contribution in [0.15, 0.2) is 29.4 Å². The minimum Gasteiger partial charge on any atom is -0.478 e. The molecule has 0 aliphatic rings. The molecule has 1 N–H and O–H groups in total. The molecule has 0 heterocycles. The number of carboxylic acids is 1. The van der Waals surface area contributed by atoms with E-state index in [1.54, 1.807) is 25.1 Å². The van der Waals surface area contributed by atoms with Crippen molar-refractivity contribution in [3.63, 3.8) is 0 Å². The molecular weight excluding hydrogens is 182 g/mol. The van der Waals surface area contributed by atoms with Crippen LogP contribution in [0.25, 0.3) is 10.4 Å². The Balaban J connectivity index is 3.19. The quantitative estimate of drug-likeness (QED) is 0.452. The molecule has 0 amide bonds. The predicted octanol–water partition coefficient (Wildman–Crippen LogP) is 2.76. The highest BCUT2D eigenvalue weighted by molar-refractivity contribution is 5.89. The largest absolute Gasteiger partial charge is 0.478 e. The van der Waals surface area contributed by atoms with Crippen LogP contribution in [0.2, 0.25) is 0 Å². The molecule has 0 radical (unpaired) electrons. The third kappa shape index (κ3) is 2.02. The summed E-state index contributed by atoms with van der Waals surface area (Å²) in [7, 11) is 0. The van der Waals surface area contributed by atoms with Crippen molar-refractivity contribution < 1.29 is 9.90 Å². The van der Waals surface area contributed by atoms with Crippen LogP contribution in [-0.2, 0) is 0 Å². The molecule has 0 saturated heterocycles. The van der Waals surface area contributed by atoms with Gasteiger partial charge in [-0.1, -0.05) is 30.2 Å². The minimum absolute atomic E-state index is 0.174. The van der Waals surface area contributed by atoms with E-state index in [-0.39, 0.29) is 5.56 Å². The summed E-state index contributed by atoms with van der Waals surface area (Å²) in [5, 5.41) is 12.3. The van der Waals surface area contributed by atoms with Crippen molar-refractivity contribution in [3.8, 4) is 0 Å². The number of rotatable bonds is 3. The fourth-order valence-corrected chi connectivity index (χ4v) is 1.20. The number of carboxylic acid groups (broad SMARTS) is 1. The molecule has 1 atom stereocenters. The topological polar surface area (TPSA) is 86.1 Å². The van der Waals surface area contributed by atoms with Gasteiger partial charge in [-0.15, -0.1) is 0 Å². The van der Waals surface area contributed by atoms with Gasteiger partial charge in [-0.05, 0) is 17.2 Å². The van der Waals surface area contributed by atoms with Crippen LogP contribution in [0.4, 0.5) is 0 Å². The third-order valence-electron chi connectivity index (χ3n) is 1.87. The molecule has 0 spiro atoms. The summed E-state index contributed by atoms with van der Waals surface area (Å²) in [5.74, 6) is -1.01. The molecular formula is C9H9N3O2. The summed E-state index contributed by atoms with van der Waals surface area (Å²) in [4.78, 5) is 13.4. The number of aromatic carboxylic acids is 1. The van der Waals surface area contributed by atoms with Gasteiger partial charge in [0.15, 0.2) is 0 Å². The summed E-state index contributed by atoms with van der Waals surface area (Å²) >= 11 is 0. The number of benzene rings is 1. The molecule has 0 aromatic heterocycles. The Bertz CT molecular complexity index is 397. The molecule has 1 unspecified atom stereocenters. The van der Waals surface area contributed by atoms with Gasteiger partial charge in [0.25, 0.3) is 0 Å². The Morgan fingerprint density at radius 1 is 1.57 bits per heavy atom. The highest BCUT2D eigenvalue weighted by Crippen LogP contribution is 2.20. The summed E-state index contributed by atoms with van der Waals surface area (Å²) in [6, 6.07) is 6.01. The summed E-state index contributed by atoms with van der Waals surface area (Å²) in [6.07, 6.45) is 0. The van der Waals surface area contributed by atoms with Crippen LogP contribution in [0.3, 0.4) is 0 Å². The second-order valence-electron chi connectivity index (χ2n) is 2.77. The molecule has 0 aliphatic carbocycles. The molecule has 0 fully saturated rings. The second kappa shape index (κ2) is 4.30. The molecule has 72 valence electrons. The predicted molar refractivity (Wildman–Crippen MR) is 51.0 cm³/mol. The van der Waals surface area contributed by atoms with Gasteiger partial charge in [0.1, 0.15) is 0 Å². The number of nitrogens with zero attached hydrogens (tertiary/aromatic N) is 3. The Hall–Kier alpha value is -2.00. The first-order chi connectivity index (χ1) is 6.66. The van der Waals surface area contributed by atoms with Crippen molar-refractivity contribution >= 4 is 5.97 Å². The Morgan fingerprint density at radius 3 is 2.79 bits per heavy atom. The van der Waals surface area contributed by atoms with Crippen LogP contribution in [0.5, 0.6) is 0 Å². The lowest BCUT2D eigenvalue weighted by atomic mass is 10.0. The van der Waals surface area contributed by atoms with Crippen molar-refractivity contribution in [2.24, 2.45) is 5.11 Å². The zero-order valence-corrected chi connectivity index (χ0v) is 7.58. The highest BCUT2D eigenvalue weighted by Gasteiger charge is 2.12. The SMILES string of the molecule is CC(N=[N+]=[N-])c1ccccc1C(=O)O. The van der Waals surface area contributed by atoms with E-state index in [1.165, 1.54) is 6.07 Å². The van der Waals surface area contributed by atoms with Crippen molar-refractivity contribution in [3.05, 3.63) is 45.8 Å². The number of carbonyl (C=O) groups is 1. The van der Waals surface area contributed by atoms with Gasteiger partial charge >= 0.3 is 5.97 Å². The van der Waals surface area contributed by atoms with Gasteiger partial charge in [-0.3, -0.25) is 0 Å². The summed E-state index contributed by atoms with van der Waals surface area (Å²) in [6.45, 7) is 1.65. The van der Waals surface area contributed by atoms with Crippen molar-refractivity contribution in [1.29, 1.82) is 0 Å². The lowest BCUT2D eigenvalue weighted by molar-refractivity contribution is 0.0695. The van der Waals surface area contributed by atoms with Gasteiger partial charge in [-0.2, -0.15) is 0 Å².